The molecule has 9 nitrogen and oxygen atoms in total. The third kappa shape index (κ3) is 12.4. The molecule has 4 aromatic rings. The van der Waals surface area contributed by atoms with Crippen LogP contribution in [0.2, 0.25) is 0 Å². The van der Waals surface area contributed by atoms with Gasteiger partial charge in [0, 0.05) is 36.3 Å². The van der Waals surface area contributed by atoms with Gasteiger partial charge in [0.15, 0.2) is 5.78 Å². The summed E-state index contributed by atoms with van der Waals surface area (Å²) in [5.74, 6) is 1.70. The first kappa shape index (κ1) is 39.8. The molecule has 0 heterocycles. The smallest absolute Gasteiger partial charge is 0.193 e. The summed E-state index contributed by atoms with van der Waals surface area (Å²) >= 11 is 0. The van der Waals surface area contributed by atoms with Crippen LogP contribution in [0.3, 0.4) is 0 Å². The molecule has 0 aliphatic carbocycles. The van der Waals surface area contributed by atoms with Crippen LogP contribution in [0.15, 0.2) is 91.0 Å². The Bertz CT molecular complexity index is 1680. The van der Waals surface area contributed by atoms with Crippen LogP contribution in [-0.4, -0.2) is 79.4 Å². The van der Waals surface area contributed by atoms with Crippen LogP contribution in [0.1, 0.15) is 66.6 Å². The molecule has 4 rings (SSSR count). The molecule has 4 aromatic carbocycles. The van der Waals surface area contributed by atoms with Gasteiger partial charge < -0.3 is 29.2 Å². The van der Waals surface area contributed by atoms with Gasteiger partial charge in [-0.2, -0.15) is 0 Å². The second kappa shape index (κ2) is 21.4. The van der Waals surface area contributed by atoms with E-state index >= 15 is 0 Å². The van der Waals surface area contributed by atoms with Crippen molar-refractivity contribution < 1.29 is 34.0 Å². The molecule has 2 N–H and O–H groups in total. The number of phenols is 2. The van der Waals surface area contributed by atoms with Gasteiger partial charge >= 0.3 is 0 Å². The first-order valence-electron chi connectivity index (χ1n) is 18.2. The molecule has 0 unspecified atom stereocenters. The Kier molecular flexibility index (Phi) is 16.4. The maximum Gasteiger partial charge on any atom is 0.193 e. The Morgan fingerprint density at radius 1 is 0.654 bits per heavy atom. The van der Waals surface area contributed by atoms with Crippen LogP contribution in [0.25, 0.3) is 6.08 Å². The van der Waals surface area contributed by atoms with Crippen molar-refractivity contribution in [3.63, 3.8) is 0 Å². The minimum atomic E-state index is -0.511. The van der Waals surface area contributed by atoms with Crippen molar-refractivity contribution in [2.45, 2.75) is 52.6 Å². The Morgan fingerprint density at radius 3 is 1.62 bits per heavy atom. The number of nitrogens with zero attached hydrogens (tertiary/aromatic N) is 2. The molecule has 0 atom stereocenters. The zero-order valence-electron chi connectivity index (χ0n) is 31.1. The average Bonchev–Trinajstić information content (AvgIpc) is 3.16. The molecule has 0 saturated heterocycles. The SMILES string of the molecule is CCN(CCCCOc1ccc(/C=C/C(=O)c2c(O)cc(OCCCCN(CC)Cc3ccccc3OC)cc2O)cc1)Cc1ccccc1OC. The van der Waals surface area contributed by atoms with E-state index in [1.165, 1.54) is 23.8 Å². The predicted molar refractivity (Wildman–Crippen MR) is 207 cm³/mol. The number of rotatable bonds is 23. The van der Waals surface area contributed by atoms with Crippen molar-refractivity contribution in [2.24, 2.45) is 0 Å². The summed E-state index contributed by atoms with van der Waals surface area (Å²) in [6.45, 7) is 10.7. The van der Waals surface area contributed by atoms with E-state index in [2.05, 4.69) is 35.8 Å². The summed E-state index contributed by atoms with van der Waals surface area (Å²) in [6, 6.07) is 26.4. The van der Waals surface area contributed by atoms with Crippen LogP contribution in [0.4, 0.5) is 0 Å². The highest BCUT2D eigenvalue weighted by Crippen LogP contribution is 2.33. The topological polar surface area (TPSA) is 101 Å². The number of aromatic hydroxyl groups is 2. The zero-order valence-corrected chi connectivity index (χ0v) is 31.1. The van der Waals surface area contributed by atoms with E-state index in [1.54, 1.807) is 20.3 Å². The van der Waals surface area contributed by atoms with Crippen molar-refractivity contribution in [1.82, 2.24) is 9.80 Å². The fourth-order valence-electron chi connectivity index (χ4n) is 5.95. The molecular formula is C43H54N2O7. The van der Waals surface area contributed by atoms with Crippen molar-refractivity contribution in [3.05, 3.63) is 113 Å². The third-order valence-corrected chi connectivity index (χ3v) is 8.97. The number of benzene rings is 4. The third-order valence-electron chi connectivity index (χ3n) is 8.97. The van der Waals surface area contributed by atoms with Crippen molar-refractivity contribution in [3.8, 4) is 34.5 Å². The van der Waals surface area contributed by atoms with Gasteiger partial charge in [-0.1, -0.05) is 68.5 Å². The van der Waals surface area contributed by atoms with Gasteiger partial charge in [-0.25, -0.2) is 0 Å². The number of ketones is 1. The number of carbonyl (C=O) groups excluding carboxylic acids is 1. The maximum atomic E-state index is 12.9. The minimum Gasteiger partial charge on any atom is -0.507 e. The molecule has 0 aliphatic rings. The highest BCUT2D eigenvalue weighted by Gasteiger charge is 2.17. The molecule has 0 bridgehead atoms. The van der Waals surface area contributed by atoms with Gasteiger partial charge in [-0.15, -0.1) is 0 Å². The monoisotopic (exact) mass is 710 g/mol. The summed E-state index contributed by atoms with van der Waals surface area (Å²) < 4.78 is 22.7. The van der Waals surface area contributed by atoms with Gasteiger partial charge in [-0.05, 0) is 87.8 Å². The summed E-state index contributed by atoms with van der Waals surface area (Å²) in [7, 11) is 3.39. The summed E-state index contributed by atoms with van der Waals surface area (Å²) in [4.78, 5) is 17.7. The molecular weight excluding hydrogens is 656 g/mol. The number of hydrogen-bond acceptors (Lipinski definition) is 9. The van der Waals surface area contributed by atoms with Crippen LogP contribution in [0.5, 0.6) is 34.5 Å². The number of phenolic OH excluding ortho intramolecular Hbond substituents is 2. The molecule has 0 spiro atoms. The molecule has 9 heteroatoms. The number of hydrogen-bond donors (Lipinski definition) is 2. The molecule has 52 heavy (non-hydrogen) atoms. The van der Waals surface area contributed by atoms with Crippen LogP contribution in [0, 0.1) is 0 Å². The fourth-order valence-corrected chi connectivity index (χ4v) is 5.95. The highest BCUT2D eigenvalue weighted by molar-refractivity contribution is 6.10. The average molecular weight is 711 g/mol. The predicted octanol–water partition coefficient (Wildman–Crippen LogP) is 8.37. The highest BCUT2D eigenvalue weighted by atomic mass is 16.5. The van der Waals surface area contributed by atoms with Gasteiger partial charge in [0.25, 0.3) is 0 Å². The molecule has 0 aromatic heterocycles. The molecule has 0 aliphatic heterocycles. The Morgan fingerprint density at radius 2 is 1.13 bits per heavy atom. The lowest BCUT2D eigenvalue weighted by Crippen LogP contribution is -2.24. The van der Waals surface area contributed by atoms with E-state index in [0.717, 1.165) is 93.3 Å². The number of unbranched alkanes of at least 4 members (excludes halogenated alkanes) is 2. The van der Waals surface area contributed by atoms with Crippen molar-refractivity contribution >= 4 is 11.9 Å². The lowest BCUT2D eigenvalue weighted by Gasteiger charge is -2.21. The molecule has 0 radical (unpaired) electrons. The van der Waals surface area contributed by atoms with Crippen LogP contribution in [-0.2, 0) is 13.1 Å². The lowest BCUT2D eigenvalue weighted by atomic mass is 10.1. The quantitative estimate of drug-likeness (QED) is 0.0447. The van der Waals surface area contributed by atoms with Crippen molar-refractivity contribution in [2.75, 3.05) is 53.6 Å². The second-order valence-electron chi connectivity index (χ2n) is 12.6. The Balaban J connectivity index is 1.17. The zero-order chi connectivity index (χ0) is 37.1. The number of allylic oxidation sites excluding steroid dienone is 1. The minimum absolute atomic E-state index is 0.164. The van der Waals surface area contributed by atoms with E-state index in [-0.39, 0.29) is 17.1 Å². The summed E-state index contributed by atoms with van der Waals surface area (Å²) in [5, 5.41) is 21.2. The van der Waals surface area contributed by atoms with E-state index in [1.807, 2.05) is 60.7 Å². The van der Waals surface area contributed by atoms with Gasteiger partial charge in [0.2, 0.25) is 0 Å². The summed E-state index contributed by atoms with van der Waals surface area (Å²) in [5.41, 5.74) is 2.97. The van der Waals surface area contributed by atoms with Crippen LogP contribution < -0.4 is 18.9 Å². The first-order chi connectivity index (χ1) is 25.3. The lowest BCUT2D eigenvalue weighted by molar-refractivity contribution is 0.104. The van der Waals surface area contributed by atoms with E-state index in [0.29, 0.717) is 19.0 Å². The molecule has 278 valence electrons. The van der Waals surface area contributed by atoms with Gasteiger partial charge in [0.05, 0.1) is 27.4 Å². The van der Waals surface area contributed by atoms with E-state index in [4.69, 9.17) is 18.9 Å². The fraction of sp³-hybridized carbons (Fsp3) is 0.372. The molecule has 0 saturated carbocycles. The normalized spacial score (nSPS) is 11.3. The number of carbonyl (C=O) groups is 1. The number of para-hydroxylation sites is 2. The maximum absolute atomic E-state index is 12.9. The standard InChI is InChI=1S/C43H54N2O7/c1-5-44(31-34-15-7-9-17-41(34)49-3)25-11-13-27-51-36-22-19-33(20-23-36)21-24-38(46)43-39(47)29-37(30-40(43)48)52-28-14-12-26-45(6-2)32-35-16-8-10-18-42(35)50-4/h7-10,15-24,29-30,47-48H,5-6,11-14,25-28,31-32H2,1-4H3/b24-21+. The second-order valence-corrected chi connectivity index (χ2v) is 12.6. The Hall–Kier alpha value is -4.99. The van der Waals surface area contributed by atoms with E-state index in [9.17, 15) is 15.0 Å². The molecule has 0 fully saturated rings. The van der Waals surface area contributed by atoms with E-state index < -0.39 is 5.78 Å². The molecule has 0 amide bonds. The Labute approximate surface area is 309 Å². The number of methoxy groups -OCH3 is 2. The van der Waals surface area contributed by atoms with Gasteiger partial charge in [0.1, 0.15) is 40.1 Å². The van der Waals surface area contributed by atoms with Crippen molar-refractivity contribution in [1.29, 1.82) is 0 Å². The summed E-state index contributed by atoms with van der Waals surface area (Å²) in [6.07, 6.45) is 6.63. The van der Waals surface area contributed by atoms with Gasteiger partial charge in [-0.3, -0.25) is 14.6 Å². The van der Waals surface area contributed by atoms with Crippen LogP contribution >= 0.6 is 0 Å². The number of ether oxygens (including phenoxy) is 4. The first-order valence-corrected chi connectivity index (χ1v) is 18.2. The largest absolute Gasteiger partial charge is 0.507 e.